The molecule has 0 unspecified atom stereocenters. The lowest BCUT2D eigenvalue weighted by atomic mass is 10.1. The van der Waals surface area contributed by atoms with E-state index in [0.717, 1.165) is 145 Å². The number of esters is 8. The van der Waals surface area contributed by atoms with Crippen molar-refractivity contribution < 1.29 is 125 Å². The molecule has 4 saturated heterocycles. The number of carbonyl (C=O) groups excluding carboxylic acids is 16. The zero-order valence-electron chi connectivity index (χ0n) is 91.9. The Morgan fingerprint density at radius 2 is 0.740 bits per heavy atom. The van der Waals surface area contributed by atoms with Crippen molar-refractivity contribution in [1.82, 2.24) is 29.4 Å². The molecule has 2 aromatic carbocycles. The van der Waals surface area contributed by atoms with Gasteiger partial charge in [-0.15, -0.1) is 0 Å². The molecule has 8 amide bonds. The monoisotopic (exact) mass is 2050 g/mol. The van der Waals surface area contributed by atoms with Crippen LogP contribution in [0.25, 0.3) is 0 Å². The number of methoxy groups -OCH3 is 2. The van der Waals surface area contributed by atoms with E-state index in [1.807, 2.05) is 119 Å². The third kappa shape index (κ3) is 88.6. The third-order valence-electron chi connectivity index (χ3n) is 17.6. The number of likely N-dealkylation sites (tertiary alicyclic amines) is 4. The number of para-hydroxylation sites is 2. The number of benzene rings is 2. The van der Waals surface area contributed by atoms with Crippen LogP contribution in [0.4, 0.5) is 11.4 Å². The number of carbonyl (C=O) groups is 16. The normalized spacial score (nSPS) is 11.3. The second-order valence-electron chi connectivity index (χ2n) is 30.9. The number of piperidine rings is 2. The van der Waals surface area contributed by atoms with Crippen LogP contribution in [0.3, 0.4) is 0 Å². The number of aliphatic hydroxyl groups excluding tert-OH is 2. The highest BCUT2D eigenvalue weighted by molar-refractivity contribution is 6.05. The summed E-state index contributed by atoms with van der Waals surface area (Å²) in [6.07, 6.45) is 20.5. The van der Waals surface area contributed by atoms with Gasteiger partial charge in [0.15, 0.2) is 0 Å². The molecule has 4 heterocycles. The molecule has 2 aromatic rings. The lowest BCUT2D eigenvalue weighted by Crippen LogP contribution is -2.35. The summed E-state index contributed by atoms with van der Waals surface area (Å²) in [6, 6.07) is 19.2. The maximum atomic E-state index is 11.7. The van der Waals surface area contributed by atoms with Gasteiger partial charge in [0, 0.05) is 172 Å². The molecule has 0 aromatic heterocycles. The van der Waals surface area contributed by atoms with Gasteiger partial charge in [-0.3, -0.25) is 38.4 Å². The number of ether oxygens (including phenoxy) is 8. The Balaban J connectivity index is -0.000000170. The maximum absolute atomic E-state index is 11.7. The summed E-state index contributed by atoms with van der Waals surface area (Å²) in [5, 5.41) is 16.3. The smallest absolute Gasteiger partial charge is 0.333 e. The number of allylic oxidation sites excluding steroid dienone is 1. The Morgan fingerprint density at radius 3 is 0.966 bits per heavy atom. The average molecular weight is 2050 g/mol. The molecular weight excluding hydrogens is 1870 g/mol. The molecule has 34 heteroatoms. The summed E-state index contributed by atoms with van der Waals surface area (Å²) >= 11 is 0. The maximum Gasteiger partial charge on any atom is 0.333 e. The van der Waals surface area contributed by atoms with Gasteiger partial charge in [-0.1, -0.05) is 142 Å². The van der Waals surface area contributed by atoms with Crippen LogP contribution < -0.4 is 9.80 Å². The van der Waals surface area contributed by atoms with Crippen LogP contribution in [0.1, 0.15) is 203 Å². The lowest BCUT2D eigenvalue weighted by molar-refractivity contribution is -0.143. The van der Waals surface area contributed by atoms with Gasteiger partial charge in [0.1, 0.15) is 13.2 Å². The van der Waals surface area contributed by atoms with Crippen molar-refractivity contribution in [2.24, 2.45) is 0 Å². The number of rotatable bonds is 32. The summed E-state index contributed by atoms with van der Waals surface area (Å²) in [6.45, 7) is 101. The van der Waals surface area contributed by atoms with Crippen molar-refractivity contribution in [3.8, 4) is 0 Å². The molecule has 0 atom stereocenters. The number of anilines is 2. The van der Waals surface area contributed by atoms with Crippen LogP contribution in [-0.4, -0.2) is 279 Å². The van der Waals surface area contributed by atoms with E-state index >= 15 is 0 Å². The Morgan fingerprint density at radius 1 is 0.363 bits per heavy atom. The van der Waals surface area contributed by atoms with Gasteiger partial charge in [-0.2, -0.15) is 0 Å². The lowest BCUT2D eigenvalue weighted by Gasteiger charge is -2.26. The van der Waals surface area contributed by atoms with E-state index in [9.17, 15) is 76.7 Å². The SMILES string of the molecule is C=C(C)C(=O)N(CC)CC.C=C(C)C(=O)N(CC)c1ccccc1.C=C(C)C(=O)N1CCCCC1.C=C(C)C(=O)OC.C=C(C)C(=O)OC(C)C.C=C(C)C(=O)OCC.C=C(C)C(=O)OCCO.C=C(C)N1CCCC1=O.C=CC(=O)N(CC)CC.C=CC(=O)N(CC)c1ccccc1.C=CC(=O)N1CCCCC1.C=CC(=O)OC.C=CC(=O)OC(C)C.C=CC(=O)OCC.C=CC(=O)OCCO.C=CN1CCCC1=O. The largest absolute Gasteiger partial charge is 0.466 e. The predicted octanol–water partition coefficient (Wildman–Crippen LogP) is 17.4. The van der Waals surface area contributed by atoms with E-state index in [2.05, 4.69) is 138 Å². The molecule has 0 radical (unpaired) electrons. The Hall–Kier alpha value is -14.3. The zero-order chi connectivity index (χ0) is 115. The van der Waals surface area contributed by atoms with Crippen molar-refractivity contribution in [3.63, 3.8) is 0 Å². The molecule has 4 fully saturated rings. The van der Waals surface area contributed by atoms with Gasteiger partial charge in [-0.25, -0.2) is 38.4 Å². The fourth-order valence-electron chi connectivity index (χ4n) is 10.2. The van der Waals surface area contributed by atoms with Gasteiger partial charge in [0.25, 0.3) is 5.91 Å². The summed E-state index contributed by atoms with van der Waals surface area (Å²) in [7, 11) is 2.64. The van der Waals surface area contributed by atoms with E-state index in [0.29, 0.717) is 78.2 Å². The first kappa shape index (κ1) is 152. The molecule has 2 N–H and O–H groups in total. The van der Waals surface area contributed by atoms with Gasteiger partial charge in [0.2, 0.25) is 41.4 Å². The van der Waals surface area contributed by atoms with E-state index in [4.69, 9.17) is 14.9 Å². The Kier molecular flexibility index (Phi) is 105. The van der Waals surface area contributed by atoms with Crippen molar-refractivity contribution in [2.45, 2.75) is 215 Å². The highest BCUT2D eigenvalue weighted by atomic mass is 16.6. The molecule has 146 heavy (non-hydrogen) atoms. The summed E-state index contributed by atoms with van der Waals surface area (Å²) in [5.41, 5.74) is 6.23. The third-order valence-corrected chi connectivity index (χ3v) is 17.6. The molecule has 0 spiro atoms. The molecule has 4 aliphatic heterocycles. The standard InChI is InChI=1S/C12H15NO.C11H13NO.C9H15NO.C8H13NO.C8H15NO.C7H11NO.C7H13NO.C7H12O2.C6H9NO.C6H10O3.2C6H10O2.C5H8O3.2C5H8O2.C4H6O2/c1-4-13(12(14)10(2)3)11-8-6-5-7-9-11;1-3-11(13)12(4-2)10-8-6-5-7-9-10;1-8(2)9(11)10-6-4-3-5-7-10;1-2-8(10)9-6-4-3-5-7-9;1-5-9(6-2)8(10)7(3)4;1-6(2)8-5-3-4-7(8)9;1-4-7(9)8(5-2)6-3;1-5(2)7(8)9-6(3)4;1-2-7-5-3-4-6(7)8;1-5(2)6(8)9-4-3-7;1-4-8-6(7)5(2)3;1-4-6(7)8-5(2)3;1-2-5(7)8-4-3-6;1-4(2)5(6)7-3;1-3-5(6)7-4-2;1-3-4(5)6-2/h5-9H,2,4H2,1,3H3;3,5-9H,1,4H2,2H3;1,3-7H2,2H3;2H,1,3-7H2;3,5-6H2,1-2,4H3;1,3-5H2,2H3;4H,1,5-6H2,2-3H3;6H,1H2,2-4H3;2H,1,3-5H2;7H,1,3-4H2,2H3;2,4H2,1,3H3;4-5H,1H2,2-3H3;2,6H,1,3-4H2;1H2,2-3H3;3H,1,4H2,2H3;3H,1H2,2H3. The Labute approximate surface area is 872 Å². The first-order valence-electron chi connectivity index (χ1n) is 47.8. The molecule has 0 bridgehead atoms. The highest BCUT2D eigenvalue weighted by Crippen LogP contribution is 2.18. The van der Waals surface area contributed by atoms with Gasteiger partial charge >= 0.3 is 47.8 Å². The number of hydrogen-bond acceptors (Lipinski definition) is 26. The number of nitrogens with zero attached hydrogens (tertiary/aromatic N) is 8. The molecule has 820 valence electrons. The van der Waals surface area contributed by atoms with E-state index < -0.39 is 17.9 Å². The highest BCUT2D eigenvalue weighted by Gasteiger charge is 2.22. The number of amides is 8. The molecular formula is C112H176N8O26. The van der Waals surface area contributed by atoms with Crippen LogP contribution >= 0.6 is 0 Å². The number of likely N-dealkylation sites (N-methyl/N-ethyl adjacent to an activating group) is 4. The fourth-order valence-corrected chi connectivity index (χ4v) is 10.2. The first-order valence-corrected chi connectivity index (χ1v) is 47.8. The van der Waals surface area contributed by atoms with Crippen LogP contribution in [0, 0.1) is 0 Å². The van der Waals surface area contributed by atoms with Crippen LogP contribution in [0.5, 0.6) is 0 Å². The molecule has 34 nitrogen and oxygen atoms in total. The van der Waals surface area contributed by atoms with Gasteiger partial charge < -0.3 is 87.3 Å². The van der Waals surface area contributed by atoms with Crippen molar-refractivity contribution in [2.75, 3.05) is 142 Å². The van der Waals surface area contributed by atoms with Gasteiger partial charge in [0.05, 0.1) is 52.9 Å². The second kappa shape index (κ2) is 101. The summed E-state index contributed by atoms with van der Waals surface area (Å²) < 4.78 is 35.6. The van der Waals surface area contributed by atoms with E-state index in [-0.39, 0.29) is 116 Å². The van der Waals surface area contributed by atoms with Crippen molar-refractivity contribution in [1.29, 1.82) is 0 Å². The quantitative estimate of drug-likeness (QED) is 0.0390. The van der Waals surface area contributed by atoms with Crippen molar-refractivity contribution in [3.05, 3.63) is 259 Å². The first-order chi connectivity index (χ1) is 68.6. The van der Waals surface area contributed by atoms with E-state index in [1.54, 1.807) is 126 Å². The summed E-state index contributed by atoms with van der Waals surface area (Å²) in [5.74, 6) is -2.40. The fraction of sp³-hybridized carbons (Fsp3) is 0.464. The minimum Gasteiger partial charge on any atom is -0.466 e. The predicted molar refractivity (Wildman–Crippen MR) is 583 cm³/mol. The summed E-state index contributed by atoms with van der Waals surface area (Å²) in [4.78, 5) is 185. The number of aliphatic hydroxyl groups is 2. The molecule has 0 saturated carbocycles. The second-order valence-corrected chi connectivity index (χ2v) is 30.9. The number of hydrogen-bond donors (Lipinski definition) is 2. The van der Waals surface area contributed by atoms with Crippen LogP contribution in [0.15, 0.2) is 259 Å². The van der Waals surface area contributed by atoms with Gasteiger partial charge in [-0.05, 0) is 239 Å². The minimum absolute atomic E-state index is 0.0139. The average Bonchev–Trinajstić information content (AvgIpc) is 1.13. The van der Waals surface area contributed by atoms with Crippen LogP contribution in [0.2, 0.25) is 0 Å². The molecule has 6 rings (SSSR count). The minimum atomic E-state index is -0.501. The topological polar surface area (TPSA) is 413 Å². The molecule has 0 aliphatic carbocycles. The Bertz CT molecular complexity index is 4330. The zero-order valence-corrected chi connectivity index (χ0v) is 91.9. The van der Waals surface area contributed by atoms with E-state index in [1.165, 1.54) is 45.3 Å². The van der Waals surface area contributed by atoms with Crippen LogP contribution in [-0.2, 0) is 115 Å². The molecule has 4 aliphatic rings. The van der Waals surface area contributed by atoms with Crippen molar-refractivity contribution >= 4 is 106 Å².